The number of anilines is 1. The van der Waals surface area contributed by atoms with Crippen molar-refractivity contribution in [2.45, 2.75) is 13.8 Å². The van der Waals surface area contributed by atoms with E-state index in [4.69, 9.17) is 0 Å². The van der Waals surface area contributed by atoms with E-state index in [1.54, 1.807) is 12.2 Å². The number of benzene rings is 1. The standard InChI is InChI=1S/C16H22N2O/c1-5-10-18(11-6-2)12-16(19)17-15-9-7-8-13(3)14(15)4/h5-9H,1-2,10-12H2,3-4H3,(H,17,19). The molecule has 0 saturated carbocycles. The molecule has 1 amide bonds. The van der Waals surface area contributed by atoms with Gasteiger partial charge in [-0.1, -0.05) is 24.3 Å². The molecule has 0 unspecified atom stereocenters. The number of amides is 1. The van der Waals surface area contributed by atoms with Gasteiger partial charge >= 0.3 is 0 Å². The Hall–Kier alpha value is -1.87. The molecule has 1 aromatic rings. The van der Waals surface area contributed by atoms with E-state index in [0.717, 1.165) is 11.3 Å². The second-order valence-corrected chi connectivity index (χ2v) is 4.57. The number of carbonyl (C=O) groups excluding carboxylic acids is 1. The number of nitrogens with one attached hydrogen (secondary N) is 1. The summed E-state index contributed by atoms with van der Waals surface area (Å²) in [6.45, 7) is 13.1. The van der Waals surface area contributed by atoms with Gasteiger partial charge in [0, 0.05) is 18.8 Å². The van der Waals surface area contributed by atoms with E-state index < -0.39 is 0 Å². The van der Waals surface area contributed by atoms with Crippen LogP contribution in [0.2, 0.25) is 0 Å². The fraction of sp³-hybridized carbons (Fsp3) is 0.312. The van der Waals surface area contributed by atoms with Crippen LogP contribution in [0, 0.1) is 13.8 Å². The SMILES string of the molecule is C=CCN(CC=C)CC(=O)Nc1cccc(C)c1C. The highest BCUT2D eigenvalue weighted by molar-refractivity contribution is 5.93. The third-order valence-corrected chi connectivity index (χ3v) is 3.02. The maximum absolute atomic E-state index is 12.0. The molecule has 0 aliphatic rings. The lowest BCUT2D eigenvalue weighted by Gasteiger charge is -2.18. The summed E-state index contributed by atoms with van der Waals surface area (Å²) in [5, 5.41) is 2.95. The zero-order chi connectivity index (χ0) is 14.3. The Labute approximate surface area is 115 Å². The van der Waals surface area contributed by atoms with Crippen molar-refractivity contribution in [1.82, 2.24) is 4.90 Å². The van der Waals surface area contributed by atoms with Gasteiger partial charge in [-0.2, -0.15) is 0 Å². The van der Waals surface area contributed by atoms with Crippen LogP contribution < -0.4 is 5.32 Å². The molecule has 1 aromatic carbocycles. The van der Waals surface area contributed by atoms with Crippen molar-refractivity contribution in [1.29, 1.82) is 0 Å². The van der Waals surface area contributed by atoms with E-state index in [2.05, 4.69) is 18.5 Å². The van der Waals surface area contributed by atoms with Crippen LogP contribution in [0.5, 0.6) is 0 Å². The van der Waals surface area contributed by atoms with Gasteiger partial charge in [0.1, 0.15) is 0 Å². The normalized spacial score (nSPS) is 10.3. The predicted molar refractivity (Wildman–Crippen MR) is 81.4 cm³/mol. The lowest BCUT2D eigenvalue weighted by Crippen LogP contribution is -2.33. The Morgan fingerprint density at radius 1 is 1.26 bits per heavy atom. The monoisotopic (exact) mass is 258 g/mol. The highest BCUT2D eigenvalue weighted by Gasteiger charge is 2.10. The second-order valence-electron chi connectivity index (χ2n) is 4.57. The van der Waals surface area contributed by atoms with Crippen molar-refractivity contribution < 1.29 is 4.79 Å². The summed E-state index contributed by atoms with van der Waals surface area (Å²) in [4.78, 5) is 14.0. The van der Waals surface area contributed by atoms with Crippen molar-refractivity contribution in [3.63, 3.8) is 0 Å². The van der Waals surface area contributed by atoms with Crippen molar-refractivity contribution in [3.05, 3.63) is 54.6 Å². The predicted octanol–water partition coefficient (Wildman–Crippen LogP) is 2.92. The minimum absolute atomic E-state index is 0.0163. The molecule has 102 valence electrons. The number of carbonyl (C=O) groups is 1. The molecule has 0 aromatic heterocycles. The van der Waals surface area contributed by atoms with E-state index in [9.17, 15) is 4.79 Å². The van der Waals surface area contributed by atoms with Gasteiger partial charge in [0.15, 0.2) is 0 Å². The molecule has 0 atom stereocenters. The molecule has 0 aliphatic carbocycles. The average Bonchev–Trinajstić information content (AvgIpc) is 2.35. The number of hydrogen-bond donors (Lipinski definition) is 1. The molecule has 1 rings (SSSR count). The minimum Gasteiger partial charge on any atom is -0.325 e. The number of hydrogen-bond acceptors (Lipinski definition) is 2. The lowest BCUT2D eigenvalue weighted by atomic mass is 10.1. The Morgan fingerprint density at radius 3 is 2.47 bits per heavy atom. The van der Waals surface area contributed by atoms with Crippen LogP contribution in [0.4, 0.5) is 5.69 Å². The number of rotatable bonds is 7. The third kappa shape index (κ3) is 4.72. The minimum atomic E-state index is -0.0163. The van der Waals surface area contributed by atoms with E-state index in [1.807, 2.05) is 36.9 Å². The van der Waals surface area contributed by atoms with Gasteiger partial charge in [-0.25, -0.2) is 0 Å². The Kier molecular flexibility index (Phi) is 6.03. The lowest BCUT2D eigenvalue weighted by molar-refractivity contribution is -0.117. The van der Waals surface area contributed by atoms with Gasteiger partial charge in [-0.05, 0) is 31.0 Å². The molecular formula is C16H22N2O. The van der Waals surface area contributed by atoms with Crippen LogP contribution in [0.25, 0.3) is 0 Å². The largest absolute Gasteiger partial charge is 0.325 e. The third-order valence-electron chi connectivity index (χ3n) is 3.02. The van der Waals surface area contributed by atoms with Gasteiger partial charge in [-0.15, -0.1) is 13.2 Å². The zero-order valence-electron chi connectivity index (χ0n) is 11.8. The first-order valence-corrected chi connectivity index (χ1v) is 6.38. The van der Waals surface area contributed by atoms with E-state index in [-0.39, 0.29) is 5.91 Å². The maximum Gasteiger partial charge on any atom is 0.238 e. The molecule has 0 aliphatic heterocycles. The first-order chi connectivity index (χ1) is 9.08. The summed E-state index contributed by atoms with van der Waals surface area (Å²) in [5.41, 5.74) is 3.16. The van der Waals surface area contributed by atoms with Crippen molar-refractivity contribution in [2.24, 2.45) is 0 Å². The molecule has 3 nitrogen and oxygen atoms in total. The number of aryl methyl sites for hydroxylation is 1. The molecular weight excluding hydrogens is 236 g/mol. The average molecular weight is 258 g/mol. The Bertz CT molecular complexity index is 456. The van der Waals surface area contributed by atoms with Gasteiger partial charge in [0.05, 0.1) is 6.54 Å². The van der Waals surface area contributed by atoms with Crippen LogP contribution in [-0.4, -0.2) is 30.4 Å². The number of nitrogens with zero attached hydrogens (tertiary/aromatic N) is 1. The molecule has 0 bridgehead atoms. The highest BCUT2D eigenvalue weighted by atomic mass is 16.2. The van der Waals surface area contributed by atoms with E-state index >= 15 is 0 Å². The van der Waals surface area contributed by atoms with Crippen LogP contribution in [0.1, 0.15) is 11.1 Å². The van der Waals surface area contributed by atoms with Crippen molar-refractivity contribution >= 4 is 11.6 Å². The smallest absolute Gasteiger partial charge is 0.238 e. The maximum atomic E-state index is 12.0. The van der Waals surface area contributed by atoms with Crippen molar-refractivity contribution in [3.8, 4) is 0 Å². The molecule has 0 saturated heterocycles. The summed E-state index contributed by atoms with van der Waals surface area (Å²) in [6.07, 6.45) is 3.57. The molecule has 19 heavy (non-hydrogen) atoms. The van der Waals surface area contributed by atoms with E-state index in [1.165, 1.54) is 5.56 Å². The quantitative estimate of drug-likeness (QED) is 0.763. The Balaban J connectivity index is 2.65. The molecule has 1 N–H and O–H groups in total. The summed E-state index contributed by atoms with van der Waals surface area (Å²) in [5.74, 6) is -0.0163. The van der Waals surface area contributed by atoms with Crippen LogP contribution in [0.15, 0.2) is 43.5 Å². The highest BCUT2D eigenvalue weighted by Crippen LogP contribution is 2.17. The summed E-state index contributed by atoms with van der Waals surface area (Å²) in [7, 11) is 0. The molecule has 0 heterocycles. The fourth-order valence-electron chi connectivity index (χ4n) is 1.85. The van der Waals surface area contributed by atoms with Gasteiger partial charge < -0.3 is 5.32 Å². The first-order valence-electron chi connectivity index (χ1n) is 6.38. The summed E-state index contributed by atoms with van der Waals surface area (Å²) < 4.78 is 0. The van der Waals surface area contributed by atoms with Gasteiger partial charge in [0.2, 0.25) is 5.91 Å². The molecule has 0 spiro atoms. The fourth-order valence-corrected chi connectivity index (χ4v) is 1.85. The molecule has 0 fully saturated rings. The summed E-state index contributed by atoms with van der Waals surface area (Å²) in [6, 6.07) is 5.90. The molecule has 3 heteroatoms. The zero-order valence-corrected chi connectivity index (χ0v) is 11.8. The van der Waals surface area contributed by atoms with Gasteiger partial charge in [0.25, 0.3) is 0 Å². The topological polar surface area (TPSA) is 32.3 Å². The van der Waals surface area contributed by atoms with Crippen LogP contribution >= 0.6 is 0 Å². The van der Waals surface area contributed by atoms with Crippen LogP contribution in [0.3, 0.4) is 0 Å². The first kappa shape index (κ1) is 15.2. The molecule has 0 radical (unpaired) electrons. The van der Waals surface area contributed by atoms with Gasteiger partial charge in [-0.3, -0.25) is 9.69 Å². The Morgan fingerprint density at radius 2 is 1.89 bits per heavy atom. The van der Waals surface area contributed by atoms with Crippen molar-refractivity contribution in [2.75, 3.05) is 25.0 Å². The van der Waals surface area contributed by atoms with Crippen LogP contribution in [-0.2, 0) is 4.79 Å². The second kappa shape index (κ2) is 7.54. The van der Waals surface area contributed by atoms with E-state index in [0.29, 0.717) is 19.6 Å². The summed E-state index contributed by atoms with van der Waals surface area (Å²) >= 11 is 0.